The Morgan fingerprint density at radius 3 is 2.37 bits per heavy atom. The Hall–Kier alpha value is -1.45. The Morgan fingerprint density at radius 1 is 1.11 bits per heavy atom. The number of carbonyl (C=O) groups is 1. The van der Waals surface area contributed by atoms with Crippen LogP contribution < -0.4 is 0 Å². The quantitative estimate of drug-likeness (QED) is 0.778. The molecule has 1 aliphatic heterocycles. The van der Waals surface area contributed by atoms with Gasteiger partial charge in [0.1, 0.15) is 5.69 Å². The van der Waals surface area contributed by atoms with Crippen LogP contribution in [0.2, 0.25) is 0 Å². The van der Waals surface area contributed by atoms with E-state index >= 15 is 0 Å². The third kappa shape index (κ3) is 2.48. The minimum absolute atomic E-state index is 0.0420. The van der Waals surface area contributed by atoms with Gasteiger partial charge in [-0.3, -0.25) is 9.78 Å². The summed E-state index contributed by atoms with van der Waals surface area (Å²) in [4.78, 5) is 22.6. The number of piperidine rings is 1. The molecule has 1 spiro atoms. The third-order valence-electron chi connectivity index (χ3n) is 4.78. The summed E-state index contributed by atoms with van der Waals surface area (Å²) in [6.45, 7) is 3.65. The van der Waals surface area contributed by atoms with Crippen molar-refractivity contribution in [1.82, 2.24) is 14.9 Å². The van der Waals surface area contributed by atoms with Crippen molar-refractivity contribution in [1.29, 1.82) is 0 Å². The number of hydrogen-bond acceptors (Lipinski definition) is 3. The van der Waals surface area contributed by atoms with Gasteiger partial charge in [-0.25, -0.2) is 4.98 Å². The number of carbonyl (C=O) groups excluding carboxylic acids is 1. The number of rotatable bonds is 1. The maximum absolute atomic E-state index is 12.3. The Balaban J connectivity index is 1.64. The van der Waals surface area contributed by atoms with Crippen LogP contribution in [0.5, 0.6) is 0 Å². The molecule has 19 heavy (non-hydrogen) atoms. The van der Waals surface area contributed by atoms with Gasteiger partial charge >= 0.3 is 0 Å². The van der Waals surface area contributed by atoms with Gasteiger partial charge in [-0.05, 0) is 38.0 Å². The molecule has 4 heteroatoms. The molecule has 1 saturated heterocycles. The highest BCUT2D eigenvalue weighted by Gasteiger charge is 2.38. The first-order valence-corrected chi connectivity index (χ1v) is 7.27. The topological polar surface area (TPSA) is 46.1 Å². The van der Waals surface area contributed by atoms with Crippen molar-refractivity contribution in [3.8, 4) is 0 Å². The van der Waals surface area contributed by atoms with Gasteiger partial charge in [-0.2, -0.15) is 0 Å². The fourth-order valence-corrected chi connectivity index (χ4v) is 3.47. The molecular formula is C15H21N3O. The summed E-state index contributed by atoms with van der Waals surface area (Å²) in [5, 5.41) is 0. The van der Waals surface area contributed by atoms with Crippen LogP contribution in [0.15, 0.2) is 12.4 Å². The van der Waals surface area contributed by atoms with Crippen molar-refractivity contribution in [3.05, 3.63) is 23.8 Å². The van der Waals surface area contributed by atoms with Crippen LogP contribution in [-0.2, 0) is 0 Å². The smallest absolute Gasteiger partial charge is 0.274 e. The minimum Gasteiger partial charge on any atom is -0.337 e. The number of nitrogens with zero attached hydrogens (tertiary/aromatic N) is 3. The maximum Gasteiger partial charge on any atom is 0.274 e. The van der Waals surface area contributed by atoms with Crippen LogP contribution in [0.4, 0.5) is 0 Å². The second-order valence-electron chi connectivity index (χ2n) is 6.04. The van der Waals surface area contributed by atoms with Crippen molar-refractivity contribution >= 4 is 5.91 Å². The molecule has 2 heterocycles. The lowest BCUT2D eigenvalue weighted by Gasteiger charge is -2.39. The predicted octanol–water partition coefficient (Wildman–Crippen LogP) is 2.58. The van der Waals surface area contributed by atoms with Crippen molar-refractivity contribution < 1.29 is 4.79 Å². The SMILES string of the molecule is Cc1cnc(C(=O)N2CCC3(CCCC3)CC2)cn1. The number of amides is 1. The van der Waals surface area contributed by atoms with Crippen LogP contribution in [0.3, 0.4) is 0 Å². The molecule has 0 bridgehead atoms. The molecule has 0 radical (unpaired) electrons. The van der Waals surface area contributed by atoms with E-state index in [4.69, 9.17) is 0 Å². The first-order chi connectivity index (χ1) is 9.19. The number of aromatic nitrogens is 2. The van der Waals surface area contributed by atoms with E-state index in [0.29, 0.717) is 11.1 Å². The standard InChI is InChI=1S/C15H21N3O/c1-12-10-17-13(11-16-12)14(19)18-8-6-15(7-9-18)4-2-3-5-15/h10-11H,2-9H2,1H3. The van der Waals surface area contributed by atoms with Crippen molar-refractivity contribution in [2.24, 2.45) is 5.41 Å². The summed E-state index contributed by atoms with van der Waals surface area (Å²) in [7, 11) is 0. The summed E-state index contributed by atoms with van der Waals surface area (Å²) in [5.74, 6) is 0.0420. The van der Waals surface area contributed by atoms with Gasteiger partial charge in [0.25, 0.3) is 5.91 Å². The van der Waals surface area contributed by atoms with Crippen LogP contribution in [-0.4, -0.2) is 33.9 Å². The van der Waals surface area contributed by atoms with E-state index in [1.165, 1.54) is 25.7 Å². The second kappa shape index (κ2) is 4.91. The molecule has 2 aliphatic rings. The van der Waals surface area contributed by atoms with Gasteiger partial charge in [-0.1, -0.05) is 12.8 Å². The van der Waals surface area contributed by atoms with E-state index in [1.807, 2.05) is 11.8 Å². The number of likely N-dealkylation sites (tertiary alicyclic amines) is 1. The summed E-state index contributed by atoms with van der Waals surface area (Å²) < 4.78 is 0. The fourth-order valence-electron chi connectivity index (χ4n) is 3.47. The Bertz CT molecular complexity index is 453. The zero-order valence-corrected chi connectivity index (χ0v) is 11.6. The average molecular weight is 259 g/mol. The van der Waals surface area contributed by atoms with E-state index in [0.717, 1.165) is 31.6 Å². The van der Waals surface area contributed by atoms with Crippen molar-refractivity contribution in [3.63, 3.8) is 0 Å². The monoisotopic (exact) mass is 259 g/mol. The number of aryl methyl sites for hydroxylation is 1. The lowest BCUT2D eigenvalue weighted by atomic mass is 9.77. The van der Waals surface area contributed by atoms with Crippen molar-refractivity contribution in [2.45, 2.75) is 45.4 Å². The third-order valence-corrected chi connectivity index (χ3v) is 4.78. The van der Waals surface area contributed by atoms with Crippen molar-refractivity contribution in [2.75, 3.05) is 13.1 Å². The van der Waals surface area contributed by atoms with E-state index < -0.39 is 0 Å². The molecule has 1 aliphatic carbocycles. The fraction of sp³-hybridized carbons (Fsp3) is 0.667. The summed E-state index contributed by atoms with van der Waals surface area (Å²) >= 11 is 0. The molecule has 3 rings (SSSR count). The van der Waals surface area contributed by atoms with Gasteiger partial charge in [0.2, 0.25) is 0 Å². The summed E-state index contributed by atoms with van der Waals surface area (Å²) in [5.41, 5.74) is 1.88. The summed E-state index contributed by atoms with van der Waals surface area (Å²) in [6.07, 6.45) is 11.1. The second-order valence-corrected chi connectivity index (χ2v) is 6.04. The molecule has 2 fully saturated rings. The highest BCUT2D eigenvalue weighted by molar-refractivity contribution is 5.92. The summed E-state index contributed by atoms with van der Waals surface area (Å²) in [6, 6.07) is 0. The Labute approximate surface area is 114 Å². The molecule has 4 nitrogen and oxygen atoms in total. The molecular weight excluding hydrogens is 238 g/mol. The van der Waals surface area contributed by atoms with E-state index in [-0.39, 0.29) is 5.91 Å². The molecule has 1 aromatic heterocycles. The van der Waals surface area contributed by atoms with E-state index in [2.05, 4.69) is 9.97 Å². The molecule has 0 unspecified atom stereocenters. The molecule has 0 atom stereocenters. The van der Waals surface area contributed by atoms with Gasteiger partial charge in [0.15, 0.2) is 0 Å². The van der Waals surface area contributed by atoms with Crippen LogP contribution in [0.25, 0.3) is 0 Å². The van der Waals surface area contributed by atoms with Gasteiger partial charge in [-0.15, -0.1) is 0 Å². The first-order valence-electron chi connectivity index (χ1n) is 7.27. The van der Waals surface area contributed by atoms with Crippen LogP contribution in [0, 0.1) is 12.3 Å². The Morgan fingerprint density at radius 2 is 1.79 bits per heavy atom. The number of hydrogen-bond donors (Lipinski definition) is 0. The van der Waals surface area contributed by atoms with E-state index in [9.17, 15) is 4.79 Å². The minimum atomic E-state index is 0.0420. The highest BCUT2D eigenvalue weighted by Crippen LogP contribution is 2.46. The molecule has 0 aromatic carbocycles. The zero-order chi connectivity index (χ0) is 13.3. The maximum atomic E-state index is 12.3. The van der Waals surface area contributed by atoms with Gasteiger partial charge in [0, 0.05) is 19.3 Å². The van der Waals surface area contributed by atoms with Gasteiger partial charge < -0.3 is 4.90 Å². The predicted molar refractivity (Wildman–Crippen MR) is 72.8 cm³/mol. The highest BCUT2D eigenvalue weighted by atomic mass is 16.2. The molecule has 102 valence electrons. The largest absolute Gasteiger partial charge is 0.337 e. The van der Waals surface area contributed by atoms with Crippen LogP contribution in [0.1, 0.15) is 54.7 Å². The normalized spacial score (nSPS) is 21.8. The molecule has 0 N–H and O–H groups in total. The Kier molecular flexibility index (Phi) is 3.25. The zero-order valence-electron chi connectivity index (χ0n) is 11.6. The lowest BCUT2D eigenvalue weighted by Crippen LogP contribution is -2.42. The molecule has 1 amide bonds. The average Bonchev–Trinajstić information content (AvgIpc) is 2.88. The van der Waals surface area contributed by atoms with Crippen LogP contribution >= 0.6 is 0 Å². The first kappa shape index (κ1) is 12.6. The lowest BCUT2D eigenvalue weighted by molar-refractivity contribution is 0.0581. The molecule has 1 saturated carbocycles. The molecule has 1 aromatic rings. The van der Waals surface area contributed by atoms with E-state index in [1.54, 1.807) is 12.4 Å². The van der Waals surface area contributed by atoms with Gasteiger partial charge in [0.05, 0.1) is 11.9 Å².